The monoisotopic (exact) mass is 1890 g/mol. The standard InChI is InChI=1S/C51H37N.2C47H35N/c1-51(2)49-32-39(48-31-38-14-8-9-17-43(38)44-18-10-11-19-45(44)48)24-28-46(49)47-29-27-42(33-50(47)51)52(40-15-4-3-5-16-40)41-25-22-35(23-26-41)37-21-20-34-12-6-7-13-36(34)30-37;1-47(2)45-30-39(38-19-17-33-11-7-9-13-36(33)29-38)22-26-43(45)44-27-25-42(31-46(44)47)48(40-14-4-3-5-15-40)41-23-20-34(21-24-41)37-18-16-32-10-6-8-12-35(32)28-37;1-47(2)45-30-37(42-18-10-14-34-12-8-9-17-41(34)42)23-27-43(45)44-28-26-40(31-46(44)47)48(38-15-4-3-5-16-38)39-24-21-33(22-25-39)36-20-19-32-11-6-7-13-35(32)29-36/h3-33H,1-2H3;2*3-31H,1-2H3. The molecule has 0 atom stereocenters. The number of para-hydroxylation sites is 3. The molecule has 0 N–H and O–H groups in total. The molecule has 0 bridgehead atoms. The van der Waals surface area contributed by atoms with Crippen molar-refractivity contribution in [3.63, 3.8) is 0 Å². The summed E-state index contributed by atoms with van der Waals surface area (Å²) < 4.78 is 0. The first-order chi connectivity index (χ1) is 72.6. The molecule has 0 saturated carbocycles. The van der Waals surface area contributed by atoms with Crippen LogP contribution in [0, 0.1) is 0 Å². The number of hydrogen-bond acceptors (Lipinski definition) is 3. The Balaban J connectivity index is 0.000000112. The van der Waals surface area contributed by atoms with Gasteiger partial charge < -0.3 is 14.7 Å². The van der Waals surface area contributed by atoms with Crippen LogP contribution in [0.2, 0.25) is 0 Å². The van der Waals surface area contributed by atoms with E-state index in [4.69, 9.17) is 0 Å². The fraction of sp³-hybridized carbons (Fsp3) is 0.0621. The molecule has 3 aliphatic rings. The molecule has 0 spiro atoms. The van der Waals surface area contributed by atoms with Gasteiger partial charge in [0.15, 0.2) is 0 Å². The van der Waals surface area contributed by atoms with Crippen molar-refractivity contribution >= 4 is 127 Å². The van der Waals surface area contributed by atoms with Crippen LogP contribution >= 0.6 is 0 Å². The van der Waals surface area contributed by atoms with Gasteiger partial charge in [0.05, 0.1) is 0 Å². The summed E-state index contributed by atoms with van der Waals surface area (Å²) in [5, 5.41) is 17.8. The number of fused-ring (bicyclic) bond motifs is 17. The van der Waals surface area contributed by atoms with E-state index in [1.807, 2.05) is 0 Å². The van der Waals surface area contributed by atoms with Gasteiger partial charge in [0.25, 0.3) is 0 Å². The third kappa shape index (κ3) is 16.1. The molecule has 3 aliphatic carbocycles. The summed E-state index contributed by atoms with van der Waals surface area (Å²) in [5.41, 5.74) is 40.9. The lowest BCUT2D eigenvalue weighted by Crippen LogP contribution is -2.16. The number of nitrogens with zero attached hydrogens (tertiary/aromatic N) is 3. The third-order valence-corrected chi connectivity index (χ3v) is 31.7. The summed E-state index contributed by atoms with van der Waals surface area (Å²) in [7, 11) is 0. The molecule has 0 unspecified atom stereocenters. The predicted molar refractivity (Wildman–Crippen MR) is 631 cm³/mol. The molecule has 3 heteroatoms. The summed E-state index contributed by atoms with van der Waals surface area (Å²) in [6, 6.07) is 198. The van der Waals surface area contributed by atoms with E-state index in [0.717, 1.165) is 51.2 Å². The van der Waals surface area contributed by atoms with Gasteiger partial charge in [0.2, 0.25) is 0 Å². The molecule has 0 heterocycles. The van der Waals surface area contributed by atoms with E-state index in [1.165, 1.54) is 209 Å². The highest BCUT2D eigenvalue weighted by molar-refractivity contribution is 6.14. The summed E-state index contributed by atoms with van der Waals surface area (Å²) in [6.45, 7) is 14.3. The van der Waals surface area contributed by atoms with Crippen LogP contribution in [0.1, 0.15) is 74.9 Å². The quantitative estimate of drug-likeness (QED) is 0.0947. The van der Waals surface area contributed by atoms with Crippen molar-refractivity contribution in [2.75, 3.05) is 14.7 Å². The van der Waals surface area contributed by atoms with Gasteiger partial charge in [0, 0.05) is 67.4 Å². The van der Waals surface area contributed by atoms with E-state index in [1.54, 1.807) is 0 Å². The zero-order chi connectivity index (χ0) is 99.3. The molecule has 148 heavy (non-hydrogen) atoms. The lowest BCUT2D eigenvalue weighted by molar-refractivity contribution is 0.660. The second-order valence-corrected chi connectivity index (χ2v) is 41.5. The second-order valence-electron chi connectivity index (χ2n) is 41.5. The molecule has 0 amide bonds. The molecule has 0 radical (unpaired) electrons. The van der Waals surface area contributed by atoms with Crippen molar-refractivity contribution in [2.45, 2.75) is 57.8 Å². The minimum Gasteiger partial charge on any atom is -0.310 e. The predicted octanol–water partition coefficient (Wildman–Crippen LogP) is 40.5. The Kier molecular flexibility index (Phi) is 22.4. The Bertz CT molecular complexity index is 9470. The Hall–Kier alpha value is -18.3. The maximum Gasteiger partial charge on any atom is 0.0465 e. The number of rotatable bonds is 15. The number of anilines is 9. The number of benzene rings is 25. The van der Waals surface area contributed by atoms with Gasteiger partial charge in [-0.05, 0) is 367 Å². The molecule has 3 nitrogen and oxygen atoms in total. The van der Waals surface area contributed by atoms with Gasteiger partial charge in [-0.15, -0.1) is 0 Å². The van der Waals surface area contributed by atoms with E-state index >= 15 is 0 Å². The maximum atomic E-state index is 2.45. The molecular weight excluding hydrogens is 1780 g/mol. The number of hydrogen-bond donors (Lipinski definition) is 0. The van der Waals surface area contributed by atoms with Crippen LogP contribution in [0.5, 0.6) is 0 Å². The van der Waals surface area contributed by atoms with Crippen molar-refractivity contribution in [3.8, 4) is 100 Å². The van der Waals surface area contributed by atoms with Gasteiger partial charge in [-0.25, -0.2) is 0 Å². The molecule has 0 aromatic heterocycles. The largest absolute Gasteiger partial charge is 0.310 e. The molecule has 0 saturated heterocycles. The Morgan fingerprint density at radius 2 is 0.345 bits per heavy atom. The van der Waals surface area contributed by atoms with E-state index in [0.29, 0.717) is 0 Å². The lowest BCUT2D eigenvalue weighted by Gasteiger charge is -2.28. The molecule has 0 fully saturated rings. The lowest BCUT2D eigenvalue weighted by atomic mass is 9.81. The maximum absolute atomic E-state index is 2.45. The zero-order valence-corrected chi connectivity index (χ0v) is 83.7. The van der Waals surface area contributed by atoms with Crippen molar-refractivity contribution in [3.05, 3.63) is 573 Å². The molecule has 25 aromatic rings. The van der Waals surface area contributed by atoms with E-state index < -0.39 is 0 Å². The fourth-order valence-corrected chi connectivity index (χ4v) is 23.8. The summed E-state index contributed by atoms with van der Waals surface area (Å²) in [4.78, 5) is 7.14. The first-order valence-electron chi connectivity index (χ1n) is 51.7. The normalized spacial score (nSPS) is 13.0. The van der Waals surface area contributed by atoms with Crippen LogP contribution in [0.25, 0.3) is 176 Å². The van der Waals surface area contributed by atoms with Gasteiger partial charge in [-0.2, -0.15) is 0 Å². The van der Waals surface area contributed by atoms with Gasteiger partial charge in [-0.1, -0.05) is 424 Å². The van der Waals surface area contributed by atoms with Gasteiger partial charge in [-0.3, -0.25) is 0 Å². The Morgan fingerprint density at radius 3 is 0.709 bits per heavy atom. The molecule has 0 aliphatic heterocycles. The van der Waals surface area contributed by atoms with E-state index in [9.17, 15) is 0 Å². The second kappa shape index (κ2) is 36.8. The van der Waals surface area contributed by atoms with Crippen LogP contribution < -0.4 is 14.7 Å². The summed E-state index contributed by atoms with van der Waals surface area (Å²) in [6.07, 6.45) is 0. The molecule has 28 rings (SSSR count). The smallest absolute Gasteiger partial charge is 0.0465 e. The minimum atomic E-state index is -0.175. The molecular formula is C145H107N3. The van der Waals surface area contributed by atoms with Crippen LogP contribution in [-0.2, 0) is 16.2 Å². The van der Waals surface area contributed by atoms with E-state index in [-0.39, 0.29) is 16.2 Å². The summed E-state index contributed by atoms with van der Waals surface area (Å²) >= 11 is 0. The highest BCUT2D eigenvalue weighted by Gasteiger charge is 2.40. The first kappa shape index (κ1) is 89.8. The SMILES string of the molecule is CC1(C)c2cc(-c3cc4ccccc4c4ccccc34)ccc2-c2ccc(N(c3ccccc3)c3ccc(-c4ccc5ccccc5c4)cc3)cc21.CC1(C)c2cc(-c3ccc4ccccc4c3)ccc2-c2ccc(N(c3ccccc3)c3ccc(-c4ccc5ccccc5c4)cc3)cc21.CC1(C)c2cc(-c3cccc4ccccc34)ccc2-c2ccc(N(c3ccccc3)c3ccc(-c4ccc5ccccc5c4)cc3)cc21. The van der Waals surface area contributed by atoms with Crippen molar-refractivity contribution in [1.82, 2.24) is 0 Å². The van der Waals surface area contributed by atoms with Gasteiger partial charge >= 0.3 is 0 Å². The van der Waals surface area contributed by atoms with Crippen molar-refractivity contribution in [2.24, 2.45) is 0 Å². The minimum absolute atomic E-state index is 0.143. The van der Waals surface area contributed by atoms with Crippen LogP contribution in [-0.4, -0.2) is 0 Å². The van der Waals surface area contributed by atoms with Gasteiger partial charge in [0.1, 0.15) is 0 Å². The highest BCUT2D eigenvalue weighted by Crippen LogP contribution is 2.57. The van der Waals surface area contributed by atoms with Crippen molar-refractivity contribution < 1.29 is 0 Å². The Labute approximate surface area is 866 Å². The van der Waals surface area contributed by atoms with E-state index in [2.05, 4.69) is 596 Å². The summed E-state index contributed by atoms with van der Waals surface area (Å²) in [5.74, 6) is 0. The fourth-order valence-electron chi connectivity index (χ4n) is 23.8. The van der Waals surface area contributed by atoms with Crippen molar-refractivity contribution in [1.29, 1.82) is 0 Å². The highest BCUT2D eigenvalue weighted by atomic mass is 15.2. The van der Waals surface area contributed by atoms with Crippen LogP contribution in [0.4, 0.5) is 51.2 Å². The van der Waals surface area contributed by atoms with Crippen LogP contribution in [0.3, 0.4) is 0 Å². The third-order valence-electron chi connectivity index (χ3n) is 31.7. The van der Waals surface area contributed by atoms with Crippen LogP contribution in [0.15, 0.2) is 540 Å². The first-order valence-corrected chi connectivity index (χ1v) is 51.7. The Morgan fingerprint density at radius 1 is 0.115 bits per heavy atom. The molecule has 25 aromatic carbocycles. The average molecular weight is 1890 g/mol. The topological polar surface area (TPSA) is 9.72 Å². The zero-order valence-electron chi connectivity index (χ0n) is 83.7. The molecule has 702 valence electrons. The average Bonchev–Trinajstić information content (AvgIpc) is 1.57.